The Morgan fingerprint density at radius 3 is 2.44 bits per heavy atom. The molecule has 1 aromatic rings. The van der Waals surface area contributed by atoms with Crippen LogP contribution in [-0.2, 0) is 0 Å². The molecular weight excluding hydrogens is 304 g/mol. The smallest absolute Gasteiger partial charge is 0.251 e. The van der Waals surface area contributed by atoms with E-state index in [9.17, 15) is 13.6 Å². The fourth-order valence-electron chi connectivity index (χ4n) is 1.63. The van der Waals surface area contributed by atoms with Crippen molar-refractivity contribution in [1.29, 1.82) is 0 Å². The first-order valence-electron chi connectivity index (χ1n) is 5.87. The van der Waals surface area contributed by atoms with Crippen molar-refractivity contribution in [2.75, 3.05) is 11.9 Å². The van der Waals surface area contributed by atoms with E-state index in [4.69, 9.17) is 0 Å². The number of alkyl halides is 1. The Bertz CT molecular complexity index is 392. The largest absolute Gasteiger partial charge is 0.352 e. The highest BCUT2D eigenvalue weighted by Gasteiger charge is 2.11. The summed E-state index contributed by atoms with van der Waals surface area (Å²) < 4.78 is 25.9. The van der Waals surface area contributed by atoms with E-state index >= 15 is 0 Å². The number of carbonyl (C=O) groups excluding carboxylic acids is 1. The molecule has 1 atom stereocenters. The molecule has 0 heterocycles. The Morgan fingerprint density at radius 2 is 1.94 bits per heavy atom. The van der Waals surface area contributed by atoms with Gasteiger partial charge in [0.1, 0.15) is 11.6 Å². The van der Waals surface area contributed by atoms with Crippen molar-refractivity contribution in [3.05, 3.63) is 35.4 Å². The Hall–Kier alpha value is -0.970. The number of carbonyl (C=O) groups is 1. The van der Waals surface area contributed by atoms with Crippen LogP contribution in [-0.4, -0.2) is 17.8 Å². The maximum absolute atomic E-state index is 12.9. The van der Waals surface area contributed by atoms with E-state index in [0.29, 0.717) is 12.5 Å². The zero-order valence-corrected chi connectivity index (χ0v) is 11.8. The molecule has 0 saturated carbocycles. The topological polar surface area (TPSA) is 29.1 Å². The Labute approximate surface area is 114 Å². The first kappa shape index (κ1) is 15.1. The summed E-state index contributed by atoms with van der Waals surface area (Å²) in [6, 6.07) is 2.81. The second-order valence-electron chi connectivity index (χ2n) is 4.12. The molecule has 0 aliphatic heterocycles. The van der Waals surface area contributed by atoms with Gasteiger partial charge in [-0.1, -0.05) is 29.3 Å². The molecular formula is C13H16BrF2NO. The molecule has 1 aromatic carbocycles. The van der Waals surface area contributed by atoms with Crippen molar-refractivity contribution in [2.24, 2.45) is 5.92 Å². The Morgan fingerprint density at radius 1 is 1.33 bits per heavy atom. The quantitative estimate of drug-likeness (QED) is 0.799. The van der Waals surface area contributed by atoms with Crippen LogP contribution < -0.4 is 5.32 Å². The molecule has 0 aliphatic rings. The average Bonchev–Trinajstić information content (AvgIpc) is 2.32. The third kappa shape index (κ3) is 4.72. The molecule has 0 radical (unpaired) electrons. The number of halogens is 3. The summed E-state index contributed by atoms with van der Waals surface area (Å²) >= 11 is 3.35. The molecule has 1 rings (SSSR count). The fraction of sp³-hybridized carbons (Fsp3) is 0.462. The van der Waals surface area contributed by atoms with E-state index in [1.54, 1.807) is 0 Å². The molecule has 0 bridgehead atoms. The van der Waals surface area contributed by atoms with Gasteiger partial charge in [0.15, 0.2) is 0 Å². The molecule has 18 heavy (non-hydrogen) atoms. The summed E-state index contributed by atoms with van der Waals surface area (Å²) in [7, 11) is 0. The van der Waals surface area contributed by atoms with Crippen LogP contribution in [0.3, 0.4) is 0 Å². The van der Waals surface area contributed by atoms with E-state index in [0.717, 1.165) is 36.4 Å². The highest BCUT2D eigenvalue weighted by Crippen LogP contribution is 2.10. The predicted octanol–water partition coefficient (Wildman–Crippen LogP) is 3.51. The number of amides is 1. The number of benzene rings is 1. The number of nitrogens with one attached hydrogen (secondary N) is 1. The number of hydrogen-bond donors (Lipinski definition) is 1. The van der Waals surface area contributed by atoms with Crippen LogP contribution >= 0.6 is 15.9 Å². The van der Waals surface area contributed by atoms with Crippen molar-refractivity contribution in [1.82, 2.24) is 5.32 Å². The minimum atomic E-state index is -0.743. The maximum Gasteiger partial charge on any atom is 0.251 e. The van der Waals surface area contributed by atoms with Gasteiger partial charge in [0.05, 0.1) is 0 Å². The minimum absolute atomic E-state index is 0.0150. The van der Waals surface area contributed by atoms with Gasteiger partial charge in [-0.3, -0.25) is 4.79 Å². The average molecular weight is 320 g/mol. The summed E-state index contributed by atoms with van der Waals surface area (Å²) in [5.74, 6) is -1.56. The lowest BCUT2D eigenvalue weighted by molar-refractivity contribution is 0.0945. The lowest BCUT2D eigenvalue weighted by Gasteiger charge is -2.14. The molecule has 1 N–H and O–H groups in total. The van der Waals surface area contributed by atoms with Crippen LogP contribution in [0.5, 0.6) is 0 Å². The highest BCUT2D eigenvalue weighted by molar-refractivity contribution is 9.09. The molecule has 0 aliphatic carbocycles. The highest BCUT2D eigenvalue weighted by atomic mass is 79.9. The van der Waals surface area contributed by atoms with E-state index < -0.39 is 17.5 Å². The second-order valence-corrected chi connectivity index (χ2v) is 4.91. The Kier molecular flexibility index (Phi) is 6.25. The van der Waals surface area contributed by atoms with Crippen molar-refractivity contribution in [2.45, 2.75) is 19.8 Å². The fourth-order valence-corrected chi connectivity index (χ4v) is 2.28. The molecule has 2 nitrogen and oxygen atoms in total. The van der Waals surface area contributed by atoms with E-state index in [2.05, 4.69) is 21.2 Å². The standard InChI is InChI=1S/C13H16BrF2NO/c1-2-9(3-4-14)8-17-13(18)10-5-11(15)7-12(16)6-10/h5-7,9H,2-4,8H2,1H3,(H,17,18). The van der Waals surface area contributed by atoms with Gasteiger partial charge in [-0.2, -0.15) is 0 Å². The van der Waals surface area contributed by atoms with Gasteiger partial charge < -0.3 is 5.32 Å². The van der Waals surface area contributed by atoms with Crippen molar-refractivity contribution in [3.8, 4) is 0 Å². The maximum atomic E-state index is 12.9. The van der Waals surface area contributed by atoms with Crippen LogP contribution in [0.4, 0.5) is 8.78 Å². The summed E-state index contributed by atoms with van der Waals surface area (Å²) in [5, 5.41) is 3.57. The minimum Gasteiger partial charge on any atom is -0.352 e. The number of hydrogen-bond acceptors (Lipinski definition) is 1. The van der Waals surface area contributed by atoms with Gasteiger partial charge in [0.2, 0.25) is 0 Å². The van der Waals surface area contributed by atoms with Crippen molar-refractivity contribution in [3.63, 3.8) is 0 Å². The van der Waals surface area contributed by atoms with Gasteiger partial charge >= 0.3 is 0 Å². The van der Waals surface area contributed by atoms with Gasteiger partial charge in [-0.05, 0) is 24.5 Å². The summed E-state index contributed by atoms with van der Waals surface area (Å²) in [6.45, 7) is 2.56. The van der Waals surface area contributed by atoms with E-state index in [1.807, 2.05) is 6.92 Å². The molecule has 0 fully saturated rings. The van der Waals surface area contributed by atoms with Crippen molar-refractivity contribution < 1.29 is 13.6 Å². The monoisotopic (exact) mass is 319 g/mol. The lowest BCUT2D eigenvalue weighted by Crippen LogP contribution is -2.29. The lowest BCUT2D eigenvalue weighted by atomic mass is 10.0. The van der Waals surface area contributed by atoms with Crippen LogP contribution in [0.25, 0.3) is 0 Å². The second kappa shape index (κ2) is 7.46. The molecule has 0 saturated heterocycles. The zero-order chi connectivity index (χ0) is 13.5. The number of rotatable bonds is 6. The third-order valence-electron chi connectivity index (χ3n) is 2.77. The molecule has 0 spiro atoms. The van der Waals surface area contributed by atoms with Crippen LogP contribution in [0.15, 0.2) is 18.2 Å². The third-order valence-corrected chi connectivity index (χ3v) is 3.23. The SMILES string of the molecule is CCC(CCBr)CNC(=O)c1cc(F)cc(F)c1. The molecule has 1 amide bonds. The molecule has 1 unspecified atom stereocenters. The normalized spacial score (nSPS) is 12.2. The molecule has 100 valence electrons. The van der Waals surface area contributed by atoms with Gasteiger partial charge in [0, 0.05) is 23.5 Å². The van der Waals surface area contributed by atoms with Gasteiger partial charge in [-0.15, -0.1) is 0 Å². The van der Waals surface area contributed by atoms with Gasteiger partial charge in [-0.25, -0.2) is 8.78 Å². The molecule has 5 heteroatoms. The van der Waals surface area contributed by atoms with Crippen molar-refractivity contribution >= 4 is 21.8 Å². The first-order valence-corrected chi connectivity index (χ1v) is 6.99. The summed E-state index contributed by atoms with van der Waals surface area (Å²) in [5.41, 5.74) is 0.0150. The Balaban J connectivity index is 2.59. The van der Waals surface area contributed by atoms with E-state index in [-0.39, 0.29) is 5.56 Å². The van der Waals surface area contributed by atoms with Crippen LogP contribution in [0.2, 0.25) is 0 Å². The first-order chi connectivity index (χ1) is 8.56. The predicted molar refractivity (Wildman–Crippen MR) is 70.9 cm³/mol. The molecule has 0 aromatic heterocycles. The van der Waals surface area contributed by atoms with Gasteiger partial charge in [0.25, 0.3) is 5.91 Å². The zero-order valence-electron chi connectivity index (χ0n) is 10.2. The van der Waals surface area contributed by atoms with E-state index in [1.165, 1.54) is 0 Å². The van der Waals surface area contributed by atoms with Crippen LogP contribution in [0.1, 0.15) is 30.1 Å². The summed E-state index contributed by atoms with van der Waals surface area (Å²) in [6.07, 6.45) is 1.90. The van der Waals surface area contributed by atoms with Crippen LogP contribution in [0, 0.1) is 17.6 Å². The summed E-state index contributed by atoms with van der Waals surface area (Å²) in [4.78, 5) is 11.7.